The second-order valence-corrected chi connectivity index (χ2v) is 3.43. The summed E-state index contributed by atoms with van der Waals surface area (Å²) in [5, 5.41) is 9.20. The molecule has 0 radical (unpaired) electrons. The normalized spacial score (nSPS) is 11.9. The van der Waals surface area contributed by atoms with Gasteiger partial charge in [-0.05, 0) is 12.8 Å². The molecule has 0 bridgehead atoms. The average molecular weight is 182 g/mol. The second kappa shape index (κ2) is 9.61. The van der Waals surface area contributed by atoms with E-state index < -0.39 is 0 Å². The lowest BCUT2D eigenvalue weighted by Crippen LogP contribution is -2.01. The van der Waals surface area contributed by atoms with Crippen LogP contribution in [-0.4, -0.2) is 11.2 Å². The van der Waals surface area contributed by atoms with Crippen molar-refractivity contribution in [3.8, 4) is 11.8 Å². The van der Waals surface area contributed by atoms with Crippen molar-refractivity contribution >= 4 is 0 Å². The third-order valence-corrected chi connectivity index (χ3v) is 2.09. The Balaban J connectivity index is 3.20. The fraction of sp³-hybridized carbons (Fsp3) is 0.833. The van der Waals surface area contributed by atoms with Crippen LogP contribution in [0.5, 0.6) is 0 Å². The van der Waals surface area contributed by atoms with E-state index in [1.54, 1.807) is 0 Å². The summed E-state index contributed by atoms with van der Waals surface area (Å²) in [7, 11) is 0. The molecule has 76 valence electrons. The number of aliphatic hydroxyl groups excluding tert-OH is 1. The smallest absolute Gasteiger partial charge is 0.0646 e. The molecule has 0 aromatic rings. The maximum atomic E-state index is 9.20. The van der Waals surface area contributed by atoms with Crippen LogP contribution in [0.25, 0.3) is 0 Å². The molecule has 1 unspecified atom stereocenters. The van der Waals surface area contributed by atoms with Crippen LogP contribution in [0.15, 0.2) is 0 Å². The first-order valence-corrected chi connectivity index (χ1v) is 5.45. The van der Waals surface area contributed by atoms with Crippen LogP contribution in [0, 0.1) is 11.8 Å². The van der Waals surface area contributed by atoms with Crippen molar-refractivity contribution in [3.63, 3.8) is 0 Å². The van der Waals surface area contributed by atoms with Crippen LogP contribution in [0.1, 0.15) is 58.8 Å². The van der Waals surface area contributed by atoms with Gasteiger partial charge in [0.1, 0.15) is 0 Å². The third-order valence-electron chi connectivity index (χ3n) is 2.09. The first-order chi connectivity index (χ1) is 6.31. The Morgan fingerprint density at radius 2 is 1.85 bits per heavy atom. The van der Waals surface area contributed by atoms with Gasteiger partial charge in [0.25, 0.3) is 0 Å². The minimum absolute atomic E-state index is 0.219. The minimum atomic E-state index is -0.219. The van der Waals surface area contributed by atoms with Crippen LogP contribution < -0.4 is 0 Å². The molecule has 0 aliphatic carbocycles. The molecule has 1 nitrogen and oxygen atoms in total. The largest absolute Gasteiger partial charge is 0.392 e. The molecule has 0 saturated carbocycles. The van der Waals surface area contributed by atoms with Crippen molar-refractivity contribution in [2.24, 2.45) is 0 Å². The first kappa shape index (κ1) is 12.5. The van der Waals surface area contributed by atoms with Gasteiger partial charge in [-0.3, -0.25) is 0 Å². The van der Waals surface area contributed by atoms with Crippen molar-refractivity contribution in [2.75, 3.05) is 0 Å². The molecular weight excluding hydrogens is 160 g/mol. The van der Waals surface area contributed by atoms with E-state index in [9.17, 15) is 5.11 Å². The highest BCUT2D eigenvalue weighted by molar-refractivity contribution is 4.99. The van der Waals surface area contributed by atoms with Gasteiger partial charge in [0.05, 0.1) is 6.10 Å². The van der Waals surface area contributed by atoms with Crippen LogP contribution in [0.2, 0.25) is 0 Å². The summed E-state index contributed by atoms with van der Waals surface area (Å²) in [6, 6.07) is 0. The predicted octanol–water partition coefficient (Wildman–Crippen LogP) is 3.12. The van der Waals surface area contributed by atoms with E-state index in [1.807, 2.05) is 6.92 Å². The molecule has 0 aliphatic rings. The van der Waals surface area contributed by atoms with Crippen molar-refractivity contribution < 1.29 is 5.11 Å². The Bertz CT molecular complexity index is 152. The lowest BCUT2D eigenvalue weighted by atomic mass is 10.1. The fourth-order valence-corrected chi connectivity index (χ4v) is 1.06. The number of hydrogen-bond donors (Lipinski definition) is 1. The number of aliphatic hydroxyl groups is 1. The third kappa shape index (κ3) is 9.43. The van der Waals surface area contributed by atoms with Crippen LogP contribution in [-0.2, 0) is 0 Å². The number of hydrogen-bond acceptors (Lipinski definition) is 1. The van der Waals surface area contributed by atoms with E-state index in [-0.39, 0.29) is 6.10 Å². The van der Waals surface area contributed by atoms with Crippen molar-refractivity contribution in [1.29, 1.82) is 0 Å². The molecule has 0 amide bonds. The van der Waals surface area contributed by atoms with Gasteiger partial charge in [-0.25, -0.2) is 0 Å². The Morgan fingerprint density at radius 3 is 2.46 bits per heavy atom. The molecule has 0 rings (SSSR count). The molecule has 0 spiro atoms. The van der Waals surface area contributed by atoms with Gasteiger partial charge in [0, 0.05) is 12.8 Å². The Kier molecular flexibility index (Phi) is 9.25. The molecular formula is C12H22O. The van der Waals surface area contributed by atoms with Crippen molar-refractivity contribution in [2.45, 2.75) is 64.9 Å². The van der Waals surface area contributed by atoms with Gasteiger partial charge >= 0.3 is 0 Å². The van der Waals surface area contributed by atoms with Crippen LogP contribution >= 0.6 is 0 Å². The molecule has 0 aliphatic heterocycles. The summed E-state index contributed by atoms with van der Waals surface area (Å²) in [4.78, 5) is 0. The summed E-state index contributed by atoms with van der Waals surface area (Å²) in [5.74, 6) is 6.11. The molecule has 1 atom stereocenters. The summed E-state index contributed by atoms with van der Waals surface area (Å²) >= 11 is 0. The monoisotopic (exact) mass is 182 g/mol. The molecule has 0 fully saturated rings. The summed E-state index contributed by atoms with van der Waals surface area (Å²) < 4.78 is 0. The van der Waals surface area contributed by atoms with E-state index in [1.165, 1.54) is 25.7 Å². The van der Waals surface area contributed by atoms with E-state index in [2.05, 4.69) is 18.8 Å². The predicted molar refractivity (Wildman–Crippen MR) is 57.4 cm³/mol. The quantitative estimate of drug-likeness (QED) is 0.494. The summed E-state index contributed by atoms with van der Waals surface area (Å²) in [5.41, 5.74) is 0. The molecule has 0 aromatic carbocycles. The van der Waals surface area contributed by atoms with Gasteiger partial charge < -0.3 is 5.11 Å². The lowest BCUT2D eigenvalue weighted by molar-refractivity contribution is 0.176. The van der Waals surface area contributed by atoms with Crippen molar-refractivity contribution in [3.05, 3.63) is 0 Å². The molecule has 1 N–H and O–H groups in total. The highest BCUT2D eigenvalue weighted by Gasteiger charge is 1.94. The van der Waals surface area contributed by atoms with Crippen molar-refractivity contribution in [1.82, 2.24) is 0 Å². The van der Waals surface area contributed by atoms with Crippen LogP contribution in [0.4, 0.5) is 0 Å². The van der Waals surface area contributed by atoms with Gasteiger partial charge in [-0.1, -0.05) is 33.1 Å². The maximum absolute atomic E-state index is 9.20. The Hall–Kier alpha value is -0.480. The molecule has 1 heteroatoms. The zero-order valence-electron chi connectivity index (χ0n) is 8.97. The number of unbranched alkanes of at least 4 members (excludes halogenated alkanes) is 4. The molecule has 0 saturated heterocycles. The molecule has 0 heterocycles. The zero-order chi connectivity index (χ0) is 9.94. The molecule has 13 heavy (non-hydrogen) atoms. The minimum Gasteiger partial charge on any atom is -0.392 e. The lowest BCUT2D eigenvalue weighted by Gasteiger charge is -1.99. The van der Waals surface area contributed by atoms with Crippen LogP contribution in [0.3, 0.4) is 0 Å². The SMILES string of the molecule is CCCCCCC#CCC(O)CC. The van der Waals surface area contributed by atoms with E-state index in [4.69, 9.17) is 0 Å². The second-order valence-electron chi connectivity index (χ2n) is 3.43. The topological polar surface area (TPSA) is 20.2 Å². The zero-order valence-corrected chi connectivity index (χ0v) is 8.97. The first-order valence-electron chi connectivity index (χ1n) is 5.45. The number of rotatable bonds is 6. The standard InChI is InChI=1S/C12H22O/c1-3-5-6-7-8-9-10-11-12(13)4-2/h12-13H,3-8,11H2,1-2H3. The highest BCUT2D eigenvalue weighted by atomic mass is 16.3. The van der Waals surface area contributed by atoms with Gasteiger partial charge in [0.2, 0.25) is 0 Å². The Morgan fingerprint density at radius 1 is 1.08 bits per heavy atom. The van der Waals surface area contributed by atoms with E-state index in [0.717, 1.165) is 12.8 Å². The van der Waals surface area contributed by atoms with E-state index in [0.29, 0.717) is 6.42 Å². The van der Waals surface area contributed by atoms with E-state index >= 15 is 0 Å². The Labute approximate surface area is 82.5 Å². The molecule has 0 aromatic heterocycles. The van der Waals surface area contributed by atoms with Gasteiger partial charge in [0.15, 0.2) is 0 Å². The fourth-order valence-electron chi connectivity index (χ4n) is 1.06. The summed E-state index contributed by atoms with van der Waals surface area (Å²) in [6.07, 6.45) is 7.33. The van der Waals surface area contributed by atoms with Gasteiger partial charge in [-0.2, -0.15) is 0 Å². The summed E-state index contributed by atoms with van der Waals surface area (Å²) in [6.45, 7) is 4.19. The maximum Gasteiger partial charge on any atom is 0.0646 e. The highest BCUT2D eigenvalue weighted by Crippen LogP contribution is 2.01. The average Bonchev–Trinajstić information content (AvgIpc) is 2.16. The van der Waals surface area contributed by atoms with Gasteiger partial charge in [-0.15, -0.1) is 11.8 Å².